The van der Waals surface area contributed by atoms with Crippen LogP contribution in [-0.4, -0.2) is 36.1 Å². The molecule has 2 aromatic carbocycles. The van der Waals surface area contributed by atoms with E-state index in [-0.39, 0.29) is 17.9 Å². The highest BCUT2D eigenvalue weighted by Crippen LogP contribution is 2.44. The van der Waals surface area contributed by atoms with Crippen molar-refractivity contribution in [2.45, 2.75) is 38.5 Å². The van der Waals surface area contributed by atoms with Crippen molar-refractivity contribution >= 4 is 17.4 Å². The number of benzene rings is 2. The van der Waals surface area contributed by atoms with E-state index < -0.39 is 24.2 Å². The molecular weight excluding hydrogens is 449 g/mol. The number of anilines is 2. The fraction of sp³-hybridized carbons (Fsp3) is 0.333. The van der Waals surface area contributed by atoms with E-state index in [4.69, 9.17) is 9.47 Å². The third kappa shape index (κ3) is 4.52. The average molecular weight is 474 g/mol. The van der Waals surface area contributed by atoms with Crippen LogP contribution in [0.3, 0.4) is 0 Å². The summed E-state index contributed by atoms with van der Waals surface area (Å²) in [7, 11) is 2.95. The molecule has 180 valence electrons. The van der Waals surface area contributed by atoms with Gasteiger partial charge < -0.3 is 20.1 Å². The van der Waals surface area contributed by atoms with Crippen LogP contribution in [0.25, 0.3) is 0 Å². The summed E-state index contributed by atoms with van der Waals surface area (Å²) >= 11 is 0. The molecule has 0 unspecified atom stereocenters. The molecule has 0 spiro atoms. The summed E-state index contributed by atoms with van der Waals surface area (Å²) in [6.07, 6.45) is -4.86. The van der Waals surface area contributed by atoms with Crippen molar-refractivity contribution < 1.29 is 27.4 Å². The van der Waals surface area contributed by atoms with Gasteiger partial charge in [-0.15, -0.1) is 0 Å². The molecule has 34 heavy (non-hydrogen) atoms. The maximum atomic E-state index is 14.0. The molecular formula is C24H25F3N4O3. The van der Waals surface area contributed by atoms with Crippen molar-refractivity contribution in [2.24, 2.45) is 0 Å². The number of hydrogen-bond acceptors (Lipinski definition) is 5. The Bertz CT molecular complexity index is 1220. The minimum absolute atomic E-state index is 0.106. The number of aromatic nitrogens is 2. The lowest BCUT2D eigenvalue weighted by Gasteiger charge is -2.33. The molecule has 0 aliphatic carbocycles. The Labute approximate surface area is 194 Å². The van der Waals surface area contributed by atoms with Crippen molar-refractivity contribution in [3.05, 3.63) is 64.8 Å². The number of hydrogen-bond donors (Lipinski definition) is 2. The van der Waals surface area contributed by atoms with Gasteiger partial charge in [0.1, 0.15) is 5.82 Å². The van der Waals surface area contributed by atoms with Gasteiger partial charge in [-0.3, -0.25) is 4.79 Å². The zero-order valence-electron chi connectivity index (χ0n) is 19.2. The van der Waals surface area contributed by atoms with Crippen molar-refractivity contribution in [2.75, 3.05) is 24.9 Å². The summed E-state index contributed by atoms with van der Waals surface area (Å²) in [6, 6.07) is 9.31. The SMILES string of the molecule is COc1ccc([C@@H]2C[C@H](C(F)(F)F)n3nc(C(=O)Nc4cc(C)ccc4C)cc3N2)cc1OC. The van der Waals surface area contributed by atoms with Gasteiger partial charge in [0.05, 0.1) is 20.3 Å². The predicted molar refractivity (Wildman–Crippen MR) is 122 cm³/mol. The third-order valence-corrected chi connectivity index (χ3v) is 5.87. The molecule has 0 fully saturated rings. The lowest BCUT2D eigenvalue weighted by atomic mass is 9.96. The first kappa shape index (κ1) is 23.5. The summed E-state index contributed by atoms with van der Waals surface area (Å²) < 4.78 is 53.3. The molecule has 1 aliphatic rings. The minimum Gasteiger partial charge on any atom is -0.493 e. The van der Waals surface area contributed by atoms with Crippen LogP contribution in [0.5, 0.6) is 11.5 Å². The van der Waals surface area contributed by atoms with Crippen LogP contribution in [0, 0.1) is 13.8 Å². The van der Waals surface area contributed by atoms with E-state index >= 15 is 0 Å². The number of rotatable bonds is 5. The Morgan fingerprint density at radius 3 is 2.50 bits per heavy atom. The maximum Gasteiger partial charge on any atom is 0.410 e. The molecule has 10 heteroatoms. The molecule has 0 saturated carbocycles. The summed E-state index contributed by atoms with van der Waals surface area (Å²) in [4.78, 5) is 12.8. The van der Waals surface area contributed by atoms with Crippen LogP contribution in [0.1, 0.15) is 45.7 Å². The van der Waals surface area contributed by atoms with E-state index in [1.54, 1.807) is 24.3 Å². The van der Waals surface area contributed by atoms with Gasteiger partial charge in [-0.1, -0.05) is 18.2 Å². The molecule has 1 aromatic heterocycles. The number of methoxy groups -OCH3 is 2. The van der Waals surface area contributed by atoms with Gasteiger partial charge in [0.2, 0.25) is 0 Å². The molecule has 3 aromatic rings. The van der Waals surface area contributed by atoms with Crippen LogP contribution in [0.15, 0.2) is 42.5 Å². The Morgan fingerprint density at radius 1 is 1.09 bits per heavy atom. The summed E-state index contributed by atoms with van der Waals surface area (Å²) in [5.74, 6) is 0.420. The van der Waals surface area contributed by atoms with Gasteiger partial charge in [0.25, 0.3) is 5.91 Å². The number of carbonyl (C=O) groups is 1. The summed E-state index contributed by atoms with van der Waals surface area (Å²) in [5, 5.41) is 9.85. The van der Waals surface area contributed by atoms with Crippen LogP contribution in [0.2, 0.25) is 0 Å². The second kappa shape index (κ2) is 8.92. The smallest absolute Gasteiger partial charge is 0.410 e. The third-order valence-electron chi connectivity index (χ3n) is 5.87. The van der Waals surface area contributed by atoms with E-state index in [0.29, 0.717) is 22.7 Å². The first-order chi connectivity index (χ1) is 16.1. The van der Waals surface area contributed by atoms with Crippen molar-refractivity contribution in [1.29, 1.82) is 0 Å². The average Bonchev–Trinajstić information content (AvgIpc) is 3.24. The standard InChI is InChI=1S/C24H25F3N4O3/c1-13-5-6-14(2)16(9-13)29-23(32)18-12-22-28-17(11-21(24(25,26)27)31(22)30-18)15-7-8-19(33-3)20(10-15)34-4/h5-10,12,17,21,28H,11H2,1-4H3,(H,29,32)/t17-,21+/m0/s1. The molecule has 7 nitrogen and oxygen atoms in total. The van der Waals surface area contributed by atoms with E-state index in [2.05, 4.69) is 15.7 Å². The largest absolute Gasteiger partial charge is 0.493 e. The lowest BCUT2D eigenvalue weighted by molar-refractivity contribution is -0.173. The van der Waals surface area contributed by atoms with Gasteiger partial charge in [-0.2, -0.15) is 18.3 Å². The first-order valence-electron chi connectivity index (χ1n) is 10.6. The molecule has 2 atom stereocenters. The van der Waals surface area contributed by atoms with Gasteiger partial charge in [-0.05, 0) is 48.7 Å². The Kier molecular flexibility index (Phi) is 6.16. The molecule has 0 bridgehead atoms. The van der Waals surface area contributed by atoms with Crippen LogP contribution in [0.4, 0.5) is 24.7 Å². The fourth-order valence-corrected chi connectivity index (χ4v) is 4.03. The van der Waals surface area contributed by atoms with Crippen molar-refractivity contribution in [3.8, 4) is 11.5 Å². The highest BCUT2D eigenvalue weighted by molar-refractivity contribution is 6.03. The highest BCUT2D eigenvalue weighted by atomic mass is 19.4. The van der Waals surface area contributed by atoms with E-state index in [9.17, 15) is 18.0 Å². The number of halogens is 3. The lowest BCUT2D eigenvalue weighted by Crippen LogP contribution is -2.35. The van der Waals surface area contributed by atoms with E-state index in [1.165, 1.54) is 20.3 Å². The monoisotopic (exact) mass is 474 g/mol. The van der Waals surface area contributed by atoms with Crippen LogP contribution < -0.4 is 20.1 Å². The Hall–Kier alpha value is -3.69. The number of carbonyl (C=O) groups excluding carboxylic acids is 1. The zero-order valence-corrected chi connectivity index (χ0v) is 19.2. The first-order valence-corrected chi connectivity index (χ1v) is 10.6. The summed E-state index contributed by atoms with van der Waals surface area (Å²) in [5.41, 5.74) is 2.86. The van der Waals surface area contributed by atoms with Crippen LogP contribution in [-0.2, 0) is 0 Å². The molecule has 4 rings (SSSR count). The number of nitrogens with zero attached hydrogens (tertiary/aromatic N) is 2. The van der Waals surface area contributed by atoms with E-state index in [0.717, 1.165) is 15.8 Å². The van der Waals surface area contributed by atoms with E-state index in [1.807, 2.05) is 26.0 Å². The second-order valence-corrected chi connectivity index (χ2v) is 8.24. The van der Waals surface area contributed by atoms with Gasteiger partial charge >= 0.3 is 6.18 Å². The van der Waals surface area contributed by atoms with Crippen molar-refractivity contribution in [1.82, 2.24) is 9.78 Å². The molecule has 1 amide bonds. The number of amides is 1. The zero-order chi connectivity index (χ0) is 24.6. The van der Waals surface area contributed by atoms with Crippen LogP contribution >= 0.6 is 0 Å². The maximum absolute atomic E-state index is 14.0. The predicted octanol–water partition coefficient (Wildman–Crippen LogP) is 5.43. The molecule has 2 heterocycles. The molecule has 0 saturated heterocycles. The number of alkyl halides is 3. The second-order valence-electron chi connectivity index (χ2n) is 8.24. The fourth-order valence-electron chi connectivity index (χ4n) is 4.03. The molecule has 1 aliphatic heterocycles. The number of ether oxygens (including phenoxy) is 2. The highest BCUT2D eigenvalue weighted by Gasteiger charge is 2.47. The Balaban J connectivity index is 1.66. The normalized spacial score (nSPS) is 17.5. The topological polar surface area (TPSA) is 77.4 Å². The Morgan fingerprint density at radius 2 is 1.82 bits per heavy atom. The van der Waals surface area contributed by atoms with Gasteiger partial charge in [0, 0.05) is 18.2 Å². The van der Waals surface area contributed by atoms with Gasteiger partial charge in [0.15, 0.2) is 23.2 Å². The molecule has 0 radical (unpaired) electrons. The minimum atomic E-state index is -4.56. The van der Waals surface area contributed by atoms with Crippen molar-refractivity contribution in [3.63, 3.8) is 0 Å². The number of nitrogens with one attached hydrogen (secondary N) is 2. The molecule has 2 N–H and O–H groups in total. The number of aryl methyl sites for hydroxylation is 2. The number of fused-ring (bicyclic) bond motifs is 1. The quantitative estimate of drug-likeness (QED) is 0.516. The summed E-state index contributed by atoms with van der Waals surface area (Å²) in [6.45, 7) is 3.72. The van der Waals surface area contributed by atoms with Gasteiger partial charge in [-0.25, -0.2) is 4.68 Å².